The van der Waals surface area contributed by atoms with Crippen molar-refractivity contribution in [1.29, 1.82) is 0 Å². The number of piperidine rings is 1. The summed E-state index contributed by atoms with van der Waals surface area (Å²) in [6, 6.07) is 6.67. The molecular formula is C16H23N3O2. The highest BCUT2D eigenvalue weighted by Gasteiger charge is 2.29. The molecule has 2 aliphatic rings. The molecule has 0 aromatic heterocycles. The minimum absolute atomic E-state index is 0.0259. The molecule has 5 heteroatoms. The number of anilines is 1. The number of nitrogens with zero attached hydrogens (tertiary/aromatic N) is 1. The predicted octanol–water partition coefficient (Wildman–Crippen LogP) is 2.23. The van der Waals surface area contributed by atoms with E-state index >= 15 is 0 Å². The Kier molecular flexibility index (Phi) is 4.01. The van der Waals surface area contributed by atoms with Crippen LogP contribution in [0, 0.1) is 0 Å². The Bertz CT molecular complexity index is 532. The summed E-state index contributed by atoms with van der Waals surface area (Å²) in [5, 5.41) is 6.49. The number of amides is 2. The summed E-state index contributed by atoms with van der Waals surface area (Å²) < 4.78 is 5.27. The summed E-state index contributed by atoms with van der Waals surface area (Å²) in [5.41, 5.74) is 2.05. The Labute approximate surface area is 125 Å². The van der Waals surface area contributed by atoms with E-state index in [2.05, 4.69) is 17.6 Å². The fourth-order valence-corrected chi connectivity index (χ4v) is 3.29. The molecule has 5 nitrogen and oxygen atoms in total. The topological polar surface area (TPSA) is 53.6 Å². The molecule has 0 bridgehead atoms. The molecule has 2 N–H and O–H groups in total. The summed E-state index contributed by atoms with van der Waals surface area (Å²) >= 11 is 0. The normalized spacial score (nSPS) is 25.8. The van der Waals surface area contributed by atoms with E-state index in [0.29, 0.717) is 12.1 Å². The fraction of sp³-hybridized carbons (Fsp3) is 0.562. The second kappa shape index (κ2) is 5.93. The Morgan fingerprint density at radius 3 is 3.00 bits per heavy atom. The van der Waals surface area contributed by atoms with E-state index in [0.717, 1.165) is 49.4 Å². The van der Waals surface area contributed by atoms with Crippen LogP contribution >= 0.6 is 0 Å². The Morgan fingerprint density at radius 1 is 1.38 bits per heavy atom. The van der Waals surface area contributed by atoms with Crippen molar-refractivity contribution >= 4 is 11.7 Å². The van der Waals surface area contributed by atoms with Gasteiger partial charge in [0.2, 0.25) is 0 Å². The molecule has 0 saturated carbocycles. The molecule has 1 fully saturated rings. The third-order valence-corrected chi connectivity index (χ3v) is 4.47. The number of fused-ring (bicyclic) bond motifs is 1. The number of rotatable bonds is 2. The molecule has 2 amide bonds. The van der Waals surface area contributed by atoms with E-state index in [4.69, 9.17) is 4.74 Å². The van der Waals surface area contributed by atoms with E-state index in [1.807, 2.05) is 23.1 Å². The Hall–Kier alpha value is -1.75. The van der Waals surface area contributed by atoms with Gasteiger partial charge in [-0.2, -0.15) is 0 Å². The van der Waals surface area contributed by atoms with Gasteiger partial charge in [-0.15, -0.1) is 0 Å². The van der Waals surface area contributed by atoms with Crippen LogP contribution in [0.5, 0.6) is 5.75 Å². The lowest BCUT2D eigenvalue weighted by Crippen LogP contribution is -2.50. The van der Waals surface area contributed by atoms with Gasteiger partial charge in [0.15, 0.2) is 0 Å². The first-order valence-corrected chi connectivity index (χ1v) is 7.65. The molecule has 0 radical (unpaired) electrons. The van der Waals surface area contributed by atoms with Crippen LogP contribution in [0.1, 0.15) is 25.3 Å². The Balaban J connectivity index is 1.77. The number of carbonyl (C=O) groups is 1. The molecule has 3 rings (SSSR count). The standard InChI is InChI=1S/C16H23N3O2/c1-11-9-13(5-7-17-11)19-8-6-12-10-14(21-2)3-4-15(12)18-16(19)20/h3-4,10-11,13,17H,5-9H2,1-2H3,(H,18,20). The summed E-state index contributed by atoms with van der Waals surface area (Å²) in [6.45, 7) is 3.93. The lowest BCUT2D eigenvalue weighted by atomic mass is 9.99. The summed E-state index contributed by atoms with van der Waals surface area (Å²) in [5.74, 6) is 0.840. The molecular weight excluding hydrogens is 266 g/mol. The minimum Gasteiger partial charge on any atom is -0.497 e. The summed E-state index contributed by atoms with van der Waals surface area (Å²) in [7, 11) is 1.67. The average molecular weight is 289 g/mol. The summed E-state index contributed by atoms with van der Waals surface area (Å²) in [6.07, 6.45) is 2.91. The molecule has 2 heterocycles. The van der Waals surface area contributed by atoms with Crippen molar-refractivity contribution in [2.45, 2.75) is 38.3 Å². The van der Waals surface area contributed by atoms with Crippen molar-refractivity contribution in [3.8, 4) is 5.75 Å². The largest absolute Gasteiger partial charge is 0.497 e. The molecule has 1 aromatic rings. The second-order valence-corrected chi connectivity index (χ2v) is 5.93. The van der Waals surface area contributed by atoms with Crippen molar-refractivity contribution in [3.05, 3.63) is 23.8 Å². The van der Waals surface area contributed by atoms with Crippen molar-refractivity contribution in [2.75, 3.05) is 25.5 Å². The van der Waals surface area contributed by atoms with Crippen LogP contribution in [0.4, 0.5) is 10.5 Å². The zero-order valence-electron chi connectivity index (χ0n) is 12.7. The molecule has 1 aromatic carbocycles. The monoisotopic (exact) mass is 289 g/mol. The van der Waals surface area contributed by atoms with Crippen molar-refractivity contribution in [3.63, 3.8) is 0 Å². The second-order valence-electron chi connectivity index (χ2n) is 5.93. The highest BCUT2D eigenvalue weighted by molar-refractivity contribution is 5.91. The SMILES string of the molecule is COc1ccc2c(c1)CCN(C1CCNC(C)C1)C(=O)N2. The lowest BCUT2D eigenvalue weighted by Gasteiger charge is -2.36. The number of hydrogen-bond acceptors (Lipinski definition) is 3. The maximum Gasteiger partial charge on any atom is 0.322 e. The van der Waals surface area contributed by atoms with Gasteiger partial charge in [-0.05, 0) is 56.5 Å². The number of hydrogen-bond donors (Lipinski definition) is 2. The van der Waals surface area contributed by atoms with Crippen LogP contribution in [-0.4, -0.2) is 43.2 Å². The number of methoxy groups -OCH3 is 1. The Morgan fingerprint density at radius 2 is 2.24 bits per heavy atom. The van der Waals surface area contributed by atoms with Crippen molar-refractivity contribution in [1.82, 2.24) is 10.2 Å². The number of urea groups is 1. The molecule has 2 aliphatic heterocycles. The quantitative estimate of drug-likeness (QED) is 0.878. The first-order valence-electron chi connectivity index (χ1n) is 7.65. The molecule has 0 spiro atoms. The van der Waals surface area contributed by atoms with Crippen LogP contribution in [0.2, 0.25) is 0 Å². The van der Waals surface area contributed by atoms with Crippen LogP contribution in [0.3, 0.4) is 0 Å². The smallest absolute Gasteiger partial charge is 0.322 e. The first-order chi connectivity index (χ1) is 10.2. The third kappa shape index (κ3) is 2.97. The van der Waals surface area contributed by atoms with E-state index in [-0.39, 0.29) is 6.03 Å². The van der Waals surface area contributed by atoms with Gasteiger partial charge in [-0.25, -0.2) is 4.79 Å². The zero-order chi connectivity index (χ0) is 14.8. The predicted molar refractivity (Wildman–Crippen MR) is 82.9 cm³/mol. The maximum atomic E-state index is 12.5. The van der Waals surface area contributed by atoms with E-state index in [1.54, 1.807) is 7.11 Å². The van der Waals surface area contributed by atoms with Gasteiger partial charge in [0, 0.05) is 24.3 Å². The van der Waals surface area contributed by atoms with E-state index in [9.17, 15) is 4.79 Å². The van der Waals surface area contributed by atoms with Gasteiger partial charge in [-0.3, -0.25) is 0 Å². The molecule has 1 saturated heterocycles. The van der Waals surface area contributed by atoms with Crippen molar-refractivity contribution in [2.24, 2.45) is 0 Å². The third-order valence-electron chi connectivity index (χ3n) is 4.47. The van der Waals surface area contributed by atoms with Gasteiger partial charge < -0.3 is 20.3 Å². The van der Waals surface area contributed by atoms with Crippen LogP contribution in [0.15, 0.2) is 18.2 Å². The van der Waals surface area contributed by atoms with Crippen LogP contribution in [-0.2, 0) is 6.42 Å². The first kappa shape index (κ1) is 14.2. The van der Waals surface area contributed by atoms with Gasteiger partial charge in [0.25, 0.3) is 0 Å². The highest BCUT2D eigenvalue weighted by Crippen LogP contribution is 2.27. The number of carbonyl (C=O) groups excluding carboxylic acids is 1. The lowest BCUT2D eigenvalue weighted by molar-refractivity contribution is 0.163. The molecule has 2 atom stereocenters. The molecule has 0 aliphatic carbocycles. The van der Waals surface area contributed by atoms with Gasteiger partial charge in [-0.1, -0.05) is 0 Å². The summed E-state index contributed by atoms with van der Waals surface area (Å²) in [4.78, 5) is 14.5. The van der Waals surface area contributed by atoms with Gasteiger partial charge >= 0.3 is 6.03 Å². The van der Waals surface area contributed by atoms with Gasteiger partial charge in [0.05, 0.1) is 7.11 Å². The van der Waals surface area contributed by atoms with Crippen LogP contribution in [0.25, 0.3) is 0 Å². The molecule has 21 heavy (non-hydrogen) atoms. The number of benzene rings is 1. The fourth-order valence-electron chi connectivity index (χ4n) is 3.29. The van der Waals surface area contributed by atoms with Crippen LogP contribution < -0.4 is 15.4 Å². The maximum absolute atomic E-state index is 12.5. The number of ether oxygens (including phenoxy) is 1. The van der Waals surface area contributed by atoms with Gasteiger partial charge in [0.1, 0.15) is 5.75 Å². The van der Waals surface area contributed by atoms with E-state index in [1.165, 1.54) is 0 Å². The number of nitrogens with one attached hydrogen (secondary N) is 2. The molecule has 2 unspecified atom stereocenters. The van der Waals surface area contributed by atoms with E-state index < -0.39 is 0 Å². The molecule has 114 valence electrons. The zero-order valence-corrected chi connectivity index (χ0v) is 12.7. The average Bonchev–Trinajstić information content (AvgIpc) is 2.64. The highest BCUT2D eigenvalue weighted by atomic mass is 16.5. The minimum atomic E-state index is 0.0259. The van der Waals surface area contributed by atoms with Crippen molar-refractivity contribution < 1.29 is 9.53 Å².